The molecule has 0 bridgehead atoms. The minimum Gasteiger partial charge on any atom is -0.347 e. The average Bonchev–Trinajstić information content (AvgIpc) is 2.39. The predicted molar refractivity (Wildman–Crippen MR) is 68.7 cm³/mol. The van der Waals surface area contributed by atoms with Gasteiger partial charge >= 0.3 is 0 Å². The summed E-state index contributed by atoms with van der Waals surface area (Å²) in [6.45, 7) is -0.345. The normalized spacial score (nSPS) is 10.1. The van der Waals surface area contributed by atoms with E-state index < -0.39 is 39.6 Å². The fraction of sp³-hybridized carbons (Fsp3) is 0.333. The third kappa shape index (κ3) is 3.71. The first-order valence-corrected chi connectivity index (χ1v) is 5.74. The van der Waals surface area contributed by atoms with Crippen molar-refractivity contribution in [2.75, 3.05) is 27.7 Å². The van der Waals surface area contributed by atoms with Crippen molar-refractivity contribution in [3.05, 3.63) is 39.4 Å². The lowest BCUT2D eigenvalue weighted by Crippen LogP contribution is -2.38. The summed E-state index contributed by atoms with van der Waals surface area (Å²) in [6.07, 6.45) is 0. The number of hydrogen-bond donors (Lipinski definition) is 0. The number of nitro benzene ring substituents is 1. The Balaban J connectivity index is 3.15. The molecule has 0 radical (unpaired) electrons. The number of nitrogens with zero attached hydrogens (tertiary/aromatic N) is 3. The lowest BCUT2D eigenvalue weighted by atomic mass is 10.1. The summed E-state index contributed by atoms with van der Waals surface area (Å²) in [4.78, 5) is 35.5. The molecule has 7 nitrogen and oxygen atoms in total. The van der Waals surface area contributed by atoms with Crippen LogP contribution in [0.1, 0.15) is 10.4 Å². The van der Waals surface area contributed by atoms with E-state index >= 15 is 0 Å². The molecule has 0 heterocycles. The van der Waals surface area contributed by atoms with Crippen molar-refractivity contribution in [2.24, 2.45) is 0 Å². The van der Waals surface area contributed by atoms with Crippen LogP contribution in [0.2, 0.25) is 0 Å². The summed E-state index contributed by atoms with van der Waals surface area (Å²) in [5.74, 6) is -4.17. The molecule has 0 fully saturated rings. The molecule has 1 aromatic carbocycles. The van der Waals surface area contributed by atoms with Gasteiger partial charge in [-0.2, -0.15) is 0 Å². The van der Waals surface area contributed by atoms with Gasteiger partial charge in [-0.05, 0) is 6.07 Å². The topological polar surface area (TPSA) is 83.8 Å². The Hall–Kier alpha value is -2.58. The highest BCUT2D eigenvalue weighted by atomic mass is 19.2. The summed E-state index contributed by atoms with van der Waals surface area (Å²) >= 11 is 0. The molecule has 0 spiro atoms. The Labute approximate surface area is 118 Å². The van der Waals surface area contributed by atoms with Crippen LogP contribution in [0.25, 0.3) is 0 Å². The van der Waals surface area contributed by atoms with Crippen LogP contribution in [0, 0.1) is 21.7 Å². The number of halogens is 2. The molecule has 0 saturated carbocycles. The highest BCUT2D eigenvalue weighted by molar-refractivity contribution is 5.99. The first-order chi connectivity index (χ1) is 9.65. The quantitative estimate of drug-likeness (QED) is 0.614. The molecule has 0 aliphatic rings. The Morgan fingerprint density at radius 2 is 1.71 bits per heavy atom. The number of hydrogen-bond acceptors (Lipinski definition) is 4. The van der Waals surface area contributed by atoms with Crippen molar-refractivity contribution in [1.82, 2.24) is 9.80 Å². The number of rotatable bonds is 4. The zero-order valence-corrected chi connectivity index (χ0v) is 11.6. The van der Waals surface area contributed by atoms with Gasteiger partial charge in [0.1, 0.15) is 5.56 Å². The number of nitro groups is 1. The van der Waals surface area contributed by atoms with E-state index in [1.807, 2.05) is 0 Å². The molecule has 0 aliphatic heterocycles. The van der Waals surface area contributed by atoms with Gasteiger partial charge in [-0.25, -0.2) is 8.78 Å². The monoisotopic (exact) mass is 301 g/mol. The van der Waals surface area contributed by atoms with E-state index in [0.29, 0.717) is 12.1 Å². The zero-order chi connectivity index (χ0) is 16.3. The minimum absolute atomic E-state index is 0.337. The molecule has 21 heavy (non-hydrogen) atoms. The van der Waals surface area contributed by atoms with Gasteiger partial charge in [0.05, 0.1) is 17.5 Å². The van der Waals surface area contributed by atoms with Gasteiger partial charge in [-0.1, -0.05) is 0 Å². The molecule has 9 heteroatoms. The maximum atomic E-state index is 13.2. The Bertz CT molecular complexity index is 604. The molecular weight excluding hydrogens is 288 g/mol. The number of likely N-dealkylation sites (N-methyl/N-ethyl adjacent to an activating group) is 2. The van der Waals surface area contributed by atoms with Crippen LogP contribution in [0.15, 0.2) is 12.1 Å². The molecule has 114 valence electrons. The van der Waals surface area contributed by atoms with Crippen molar-refractivity contribution in [3.63, 3.8) is 0 Å². The Morgan fingerprint density at radius 3 is 2.19 bits per heavy atom. The Morgan fingerprint density at radius 1 is 1.19 bits per heavy atom. The van der Waals surface area contributed by atoms with Crippen LogP contribution in [-0.4, -0.2) is 54.2 Å². The zero-order valence-electron chi connectivity index (χ0n) is 11.6. The molecule has 0 N–H and O–H groups in total. The third-order valence-corrected chi connectivity index (χ3v) is 2.68. The first-order valence-electron chi connectivity index (χ1n) is 5.74. The molecule has 0 atom stereocenters. The summed E-state index contributed by atoms with van der Waals surface area (Å²) < 4.78 is 26.2. The molecule has 0 unspecified atom stereocenters. The van der Waals surface area contributed by atoms with Crippen LogP contribution in [0.5, 0.6) is 0 Å². The van der Waals surface area contributed by atoms with Crippen LogP contribution < -0.4 is 0 Å². The van der Waals surface area contributed by atoms with Crippen LogP contribution in [0.4, 0.5) is 14.5 Å². The van der Waals surface area contributed by atoms with Gasteiger partial charge in [0.25, 0.3) is 11.6 Å². The minimum atomic E-state index is -1.43. The summed E-state index contributed by atoms with van der Waals surface area (Å²) in [5, 5.41) is 10.8. The van der Waals surface area contributed by atoms with Gasteiger partial charge in [0, 0.05) is 21.1 Å². The van der Waals surface area contributed by atoms with Crippen LogP contribution in [-0.2, 0) is 4.79 Å². The van der Waals surface area contributed by atoms with Crippen molar-refractivity contribution >= 4 is 17.5 Å². The standard InChI is InChI=1S/C12H13F2N3O4/c1-15(2)11(18)6-16(3)12(19)7-4-8(13)9(14)5-10(7)17(20)21/h4-5H,6H2,1-3H3. The average molecular weight is 301 g/mol. The molecular formula is C12H13F2N3O4. The second-order valence-corrected chi connectivity index (χ2v) is 4.49. The first kappa shape index (κ1) is 16.5. The largest absolute Gasteiger partial charge is 0.347 e. The van der Waals surface area contributed by atoms with Crippen molar-refractivity contribution in [2.45, 2.75) is 0 Å². The van der Waals surface area contributed by atoms with E-state index in [2.05, 4.69) is 0 Å². The van der Waals surface area contributed by atoms with E-state index in [4.69, 9.17) is 0 Å². The SMILES string of the molecule is CN(C)C(=O)CN(C)C(=O)c1cc(F)c(F)cc1[N+](=O)[O-]. The summed E-state index contributed by atoms with van der Waals surface area (Å²) in [6, 6.07) is 0.788. The molecule has 1 rings (SSSR count). The molecule has 2 amide bonds. The number of carbonyl (C=O) groups is 2. The summed E-state index contributed by atoms with van der Waals surface area (Å²) in [5.41, 5.74) is -1.48. The lowest BCUT2D eigenvalue weighted by molar-refractivity contribution is -0.385. The molecule has 0 aliphatic carbocycles. The van der Waals surface area contributed by atoms with E-state index in [1.165, 1.54) is 26.0 Å². The number of amides is 2. The summed E-state index contributed by atoms with van der Waals surface area (Å²) in [7, 11) is 4.18. The van der Waals surface area contributed by atoms with Gasteiger partial charge in [-0.3, -0.25) is 19.7 Å². The van der Waals surface area contributed by atoms with Crippen molar-refractivity contribution in [3.8, 4) is 0 Å². The highest BCUT2D eigenvalue weighted by Crippen LogP contribution is 2.23. The van der Waals surface area contributed by atoms with E-state index in [-0.39, 0.29) is 6.54 Å². The fourth-order valence-electron chi connectivity index (χ4n) is 1.48. The van der Waals surface area contributed by atoms with Gasteiger partial charge in [-0.15, -0.1) is 0 Å². The third-order valence-electron chi connectivity index (χ3n) is 2.68. The Kier molecular flexibility index (Phi) is 4.90. The van der Waals surface area contributed by atoms with Crippen LogP contribution >= 0.6 is 0 Å². The highest BCUT2D eigenvalue weighted by Gasteiger charge is 2.27. The predicted octanol–water partition coefficient (Wildman–Crippen LogP) is 1.03. The van der Waals surface area contributed by atoms with Gasteiger partial charge in [0.2, 0.25) is 5.91 Å². The number of benzene rings is 1. The van der Waals surface area contributed by atoms with Gasteiger partial charge in [0.15, 0.2) is 11.6 Å². The molecule has 0 aromatic heterocycles. The van der Waals surface area contributed by atoms with E-state index in [9.17, 15) is 28.5 Å². The van der Waals surface area contributed by atoms with Crippen molar-refractivity contribution in [1.29, 1.82) is 0 Å². The molecule has 0 saturated heterocycles. The van der Waals surface area contributed by atoms with Crippen molar-refractivity contribution < 1.29 is 23.3 Å². The van der Waals surface area contributed by atoms with E-state index in [1.54, 1.807) is 0 Å². The van der Waals surface area contributed by atoms with Gasteiger partial charge < -0.3 is 9.80 Å². The van der Waals surface area contributed by atoms with Crippen LogP contribution in [0.3, 0.4) is 0 Å². The number of carbonyl (C=O) groups excluding carboxylic acids is 2. The fourth-order valence-corrected chi connectivity index (χ4v) is 1.48. The lowest BCUT2D eigenvalue weighted by Gasteiger charge is -2.19. The maximum absolute atomic E-state index is 13.2. The second kappa shape index (κ2) is 6.25. The van der Waals surface area contributed by atoms with E-state index in [0.717, 1.165) is 4.90 Å². The second-order valence-electron chi connectivity index (χ2n) is 4.49. The molecule has 1 aromatic rings. The smallest absolute Gasteiger partial charge is 0.285 e. The maximum Gasteiger partial charge on any atom is 0.285 e.